The molecule has 0 atom stereocenters. The standard InChI is InChI=1S/B.4BrH.Mg.2H/h;4*1H;;;/q;;;;;+2;2*-1. The van der Waals surface area contributed by atoms with Gasteiger partial charge in [0.15, 0.2) is 0 Å². The number of halogens is 4. The van der Waals surface area contributed by atoms with Crippen LogP contribution in [0.25, 0.3) is 0 Å². The molecular weight excluding hydrogens is 355 g/mol. The molecule has 0 rings (SSSR count). The molecule has 0 bridgehead atoms. The van der Waals surface area contributed by atoms with Crippen LogP contribution in [0.2, 0.25) is 0 Å². The molecule has 0 spiro atoms. The average Bonchev–Trinajstić information content (AvgIpc) is 0. The van der Waals surface area contributed by atoms with Crippen LogP contribution < -0.4 is 0 Å². The molecule has 39 valence electrons. The van der Waals surface area contributed by atoms with Gasteiger partial charge in [0.25, 0.3) is 0 Å². The fourth-order valence-corrected chi connectivity index (χ4v) is 0. The maximum Gasteiger partial charge on any atom is 2.00 e. The zero-order valence-electron chi connectivity index (χ0n) is 4.92. The monoisotopic (exact) mass is 357 g/mol. The van der Waals surface area contributed by atoms with Crippen molar-refractivity contribution in [2.75, 3.05) is 0 Å². The minimum absolute atomic E-state index is 0. The zero-order valence-corrected chi connectivity index (χ0v) is 11.2. The quantitative estimate of drug-likeness (QED) is 0.578. The van der Waals surface area contributed by atoms with Crippen LogP contribution in [0, 0.1) is 0 Å². The molecule has 0 amide bonds. The summed E-state index contributed by atoms with van der Waals surface area (Å²) in [5.74, 6) is 0. The van der Waals surface area contributed by atoms with E-state index in [-0.39, 0.29) is 102 Å². The van der Waals surface area contributed by atoms with E-state index >= 15 is 0 Å². The summed E-state index contributed by atoms with van der Waals surface area (Å²) >= 11 is 0. The van der Waals surface area contributed by atoms with Gasteiger partial charge in [0.2, 0.25) is 0 Å². The van der Waals surface area contributed by atoms with Gasteiger partial charge in [0.1, 0.15) is 0 Å². The Morgan fingerprint density at radius 2 is 0.667 bits per heavy atom. The predicted octanol–water partition coefficient (Wildman–Crippen LogP) is 1.77. The van der Waals surface area contributed by atoms with Crippen molar-refractivity contribution in [2.45, 2.75) is 0 Å². The van der Waals surface area contributed by atoms with Gasteiger partial charge in [0, 0.05) is 8.41 Å². The van der Waals surface area contributed by atoms with E-state index in [1.807, 2.05) is 0 Å². The Morgan fingerprint density at radius 3 is 0.667 bits per heavy atom. The third kappa shape index (κ3) is 29.5. The van der Waals surface area contributed by atoms with E-state index in [0.29, 0.717) is 0 Å². The Labute approximate surface area is 101 Å². The molecule has 0 aromatic rings. The predicted molar refractivity (Wildman–Crippen MR) is 55.0 cm³/mol. The number of hydrogen-bond acceptors (Lipinski definition) is 0. The Hall–Kier alpha value is 2.75. The topological polar surface area (TPSA) is 0 Å². The summed E-state index contributed by atoms with van der Waals surface area (Å²) < 4.78 is 0. The molecule has 0 heterocycles. The molecule has 0 aromatic carbocycles. The first-order valence-electron chi connectivity index (χ1n) is 0. The largest absolute Gasteiger partial charge is 2.00 e. The minimum Gasteiger partial charge on any atom is -1.00 e. The Bertz CT molecular complexity index is 14.0. The van der Waals surface area contributed by atoms with E-state index in [1.165, 1.54) is 0 Å². The molecule has 0 aliphatic heterocycles. The summed E-state index contributed by atoms with van der Waals surface area (Å²) in [7, 11) is 0. The van der Waals surface area contributed by atoms with Crippen molar-refractivity contribution in [3.63, 3.8) is 0 Å². The second-order valence-electron chi connectivity index (χ2n) is 0. The fraction of sp³-hybridized carbons (Fsp3) is 0. The van der Waals surface area contributed by atoms with Crippen LogP contribution in [0.4, 0.5) is 0 Å². The smallest absolute Gasteiger partial charge is 1.00 e. The van der Waals surface area contributed by atoms with Gasteiger partial charge in [-0.05, 0) is 0 Å². The van der Waals surface area contributed by atoms with Gasteiger partial charge in [-0.2, -0.15) is 0 Å². The van der Waals surface area contributed by atoms with Crippen LogP contribution in [0.1, 0.15) is 2.85 Å². The third-order valence-electron chi connectivity index (χ3n) is 0. The summed E-state index contributed by atoms with van der Waals surface area (Å²) in [5.41, 5.74) is 0. The van der Waals surface area contributed by atoms with Crippen molar-refractivity contribution >= 4 is 99.4 Å². The Kier molecular flexibility index (Phi) is 540. The minimum atomic E-state index is 0. The van der Waals surface area contributed by atoms with Gasteiger partial charge >= 0.3 is 23.1 Å². The maximum absolute atomic E-state index is 0. The number of rotatable bonds is 0. The second-order valence-corrected chi connectivity index (χ2v) is 0. The molecule has 0 saturated carbocycles. The molecule has 0 unspecified atom stereocenters. The normalized spacial score (nSPS) is 0. The molecule has 6 heteroatoms. The third-order valence-corrected chi connectivity index (χ3v) is 0. The first-order valence-corrected chi connectivity index (χ1v) is 0. The Morgan fingerprint density at radius 1 is 0.667 bits per heavy atom. The summed E-state index contributed by atoms with van der Waals surface area (Å²) in [4.78, 5) is 0. The van der Waals surface area contributed by atoms with Crippen molar-refractivity contribution in [1.82, 2.24) is 0 Å². The molecule has 0 aliphatic rings. The van der Waals surface area contributed by atoms with Gasteiger partial charge in [-0.3, -0.25) is 0 Å². The van der Waals surface area contributed by atoms with Crippen LogP contribution in [0.3, 0.4) is 0 Å². The van der Waals surface area contributed by atoms with E-state index in [2.05, 4.69) is 0 Å². The summed E-state index contributed by atoms with van der Waals surface area (Å²) in [5, 5.41) is 0. The second kappa shape index (κ2) is 46.7. The van der Waals surface area contributed by atoms with Gasteiger partial charge in [-0.15, -0.1) is 67.9 Å². The van der Waals surface area contributed by atoms with Gasteiger partial charge in [-0.1, -0.05) is 0 Å². The molecule has 0 aromatic heterocycles. The van der Waals surface area contributed by atoms with Gasteiger partial charge in [0.05, 0.1) is 0 Å². The van der Waals surface area contributed by atoms with Crippen LogP contribution in [0.15, 0.2) is 0 Å². The molecule has 0 nitrogen and oxygen atoms in total. The van der Waals surface area contributed by atoms with E-state index < -0.39 is 0 Å². The molecule has 6 heavy (non-hydrogen) atoms. The van der Waals surface area contributed by atoms with Crippen molar-refractivity contribution in [3.8, 4) is 0 Å². The Balaban J connectivity index is 0. The summed E-state index contributed by atoms with van der Waals surface area (Å²) in [6.07, 6.45) is 0. The molecule has 0 N–H and O–H groups in total. The van der Waals surface area contributed by atoms with Crippen molar-refractivity contribution in [3.05, 3.63) is 0 Å². The average molecular weight is 361 g/mol. The van der Waals surface area contributed by atoms with Crippen molar-refractivity contribution in [1.29, 1.82) is 0 Å². The summed E-state index contributed by atoms with van der Waals surface area (Å²) in [6.45, 7) is 0. The molecule has 3 radical (unpaired) electrons. The van der Waals surface area contributed by atoms with Crippen molar-refractivity contribution in [2.24, 2.45) is 0 Å². The van der Waals surface area contributed by atoms with Gasteiger partial charge < -0.3 is 2.85 Å². The van der Waals surface area contributed by atoms with Crippen LogP contribution >= 0.6 is 67.9 Å². The van der Waals surface area contributed by atoms with Crippen LogP contribution in [-0.4, -0.2) is 31.5 Å². The van der Waals surface area contributed by atoms with E-state index in [4.69, 9.17) is 0 Å². The maximum atomic E-state index is 0. The molecular formula is H6BBr4Mg. The SMILES string of the molecule is Br.Br.Br.Br.[B].[H-].[H-].[Mg+2]. The molecule has 0 saturated heterocycles. The van der Waals surface area contributed by atoms with Crippen LogP contribution in [0.5, 0.6) is 0 Å². The van der Waals surface area contributed by atoms with E-state index in [9.17, 15) is 0 Å². The first-order chi connectivity index (χ1) is 0. The van der Waals surface area contributed by atoms with Crippen LogP contribution in [-0.2, 0) is 0 Å². The molecule has 0 fully saturated rings. The fourth-order valence-electron chi connectivity index (χ4n) is 0. The van der Waals surface area contributed by atoms with Gasteiger partial charge in [-0.25, -0.2) is 0 Å². The van der Waals surface area contributed by atoms with E-state index in [0.717, 1.165) is 0 Å². The van der Waals surface area contributed by atoms with E-state index in [1.54, 1.807) is 0 Å². The van der Waals surface area contributed by atoms with Crippen molar-refractivity contribution < 1.29 is 2.85 Å². The zero-order chi connectivity index (χ0) is 0. The summed E-state index contributed by atoms with van der Waals surface area (Å²) in [6, 6.07) is 0. The number of hydrogen-bond donors (Lipinski definition) is 0. The molecule has 0 aliphatic carbocycles. The first kappa shape index (κ1) is 69.5.